The Morgan fingerprint density at radius 1 is 0.717 bits per heavy atom. The summed E-state index contributed by atoms with van der Waals surface area (Å²) in [5, 5.41) is 25.8. The summed E-state index contributed by atoms with van der Waals surface area (Å²) in [7, 11) is 0. The van der Waals surface area contributed by atoms with Gasteiger partial charge in [-0.15, -0.1) is 0 Å². The SMILES string of the molecule is C[C@@]1(O)CC[C@]23CO[C@H](C[C@@H]4C2CC[C@]2(C)[C@@H](C(=O)CBr)CC[C@@H]42)C3C1.C[C@@]1(O)CC[C@]23CO[C@H](C[C@@H]4C2CC[C@]2(C)[C@@H](C(=O)Cn5cc(C(F)(F)F)cn5)CC[C@@H]42)C3C1. The second kappa shape index (κ2) is 14.3. The third-order valence-electron chi connectivity index (χ3n) is 20.6. The van der Waals surface area contributed by atoms with Gasteiger partial charge in [0, 0.05) is 28.9 Å². The number of rotatable bonds is 5. The number of hydrogen-bond acceptors (Lipinski definition) is 7. The van der Waals surface area contributed by atoms with Crippen LogP contribution in [0.1, 0.15) is 136 Å². The molecular formula is C48H68BrF3N2O6. The van der Waals surface area contributed by atoms with Gasteiger partial charge in [0.2, 0.25) is 0 Å². The highest BCUT2D eigenvalue weighted by atomic mass is 79.9. The van der Waals surface area contributed by atoms with Gasteiger partial charge >= 0.3 is 6.18 Å². The third-order valence-corrected chi connectivity index (χ3v) is 21.2. The molecule has 2 aliphatic heterocycles. The molecule has 4 unspecified atom stereocenters. The van der Waals surface area contributed by atoms with Gasteiger partial charge in [0.25, 0.3) is 0 Å². The molecule has 0 radical (unpaired) electrons. The van der Waals surface area contributed by atoms with E-state index in [-0.39, 0.29) is 46.5 Å². The summed E-state index contributed by atoms with van der Waals surface area (Å²) in [5.74, 6) is 5.30. The van der Waals surface area contributed by atoms with Crippen molar-refractivity contribution in [3.05, 3.63) is 18.0 Å². The predicted molar refractivity (Wildman–Crippen MR) is 222 cm³/mol. The van der Waals surface area contributed by atoms with E-state index >= 15 is 0 Å². The summed E-state index contributed by atoms with van der Waals surface area (Å²) in [6.45, 7) is 10.3. The van der Waals surface area contributed by atoms with E-state index in [1.807, 2.05) is 13.8 Å². The molecule has 1 aromatic heterocycles. The molecule has 8 aliphatic carbocycles. The molecule has 1 aromatic rings. The van der Waals surface area contributed by atoms with E-state index in [0.717, 1.165) is 119 Å². The molecule has 18 atom stereocenters. The Balaban J connectivity index is 0.000000149. The van der Waals surface area contributed by atoms with Gasteiger partial charge in [-0.1, -0.05) is 29.8 Å². The minimum absolute atomic E-state index is 0.0139. The standard InChI is InChI=1S/C26H35F3N2O3.C22H33BrO3/c1-23(33)7-8-25-14-34-22(20(25)10-23)9-16-17-3-4-19(24(17,2)6-5-18(16)25)21(32)13-31-12-15(11-30-31)26(27,28)29;1-20(25)7-8-22-12-26-19(17(22)10-20)9-13-14-3-4-16(18(24)11-23)21(14,2)6-5-15(13)22/h11-12,16-20,22,33H,3-10,13-14H2,1-2H3;13-17,19,25H,3-12H2,1-2H3/t16-,17-,18?,19+,20?,22+,23+,24-,25-;13-,14-,15?,16+,17?,19+,20+,21-,22-/m00/s1. The molecule has 2 N–H and O–H groups in total. The van der Waals surface area contributed by atoms with Crippen LogP contribution in [0.25, 0.3) is 0 Å². The molecule has 0 aromatic carbocycles. The number of aliphatic hydroxyl groups is 2. The minimum Gasteiger partial charge on any atom is -0.390 e. The zero-order valence-corrected chi connectivity index (χ0v) is 37.7. The number of aromatic nitrogens is 2. The van der Waals surface area contributed by atoms with Gasteiger partial charge in [-0.3, -0.25) is 14.3 Å². The molecule has 3 heterocycles. The van der Waals surface area contributed by atoms with Gasteiger partial charge in [-0.2, -0.15) is 18.3 Å². The lowest BCUT2D eigenvalue weighted by Gasteiger charge is -2.60. The number of carbonyl (C=O) groups is 2. The Labute approximate surface area is 362 Å². The molecule has 0 spiro atoms. The summed E-state index contributed by atoms with van der Waals surface area (Å²) in [6.07, 6.45) is 14.4. The fraction of sp³-hybridized carbons (Fsp3) is 0.896. The van der Waals surface area contributed by atoms with E-state index in [9.17, 15) is 33.0 Å². The average molecular weight is 906 g/mol. The summed E-state index contributed by atoms with van der Waals surface area (Å²) < 4.78 is 52.8. The van der Waals surface area contributed by atoms with Crippen molar-refractivity contribution in [2.45, 2.75) is 167 Å². The first-order valence-electron chi connectivity index (χ1n) is 23.6. The summed E-state index contributed by atoms with van der Waals surface area (Å²) in [6, 6.07) is 0. The smallest absolute Gasteiger partial charge is 0.390 e. The lowest BCUT2D eigenvalue weighted by Crippen LogP contribution is -2.58. The molecule has 8 nitrogen and oxygen atoms in total. The van der Waals surface area contributed by atoms with E-state index in [0.29, 0.717) is 58.1 Å². The van der Waals surface area contributed by atoms with Crippen LogP contribution in [0.3, 0.4) is 0 Å². The molecule has 11 rings (SSSR count). The highest BCUT2D eigenvalue weighted by molar-refractivity contribution is 9.09. The summed E-state index contributed by atoms with van der Waals surface area (Å²) in [5.41, 5.74) is -1.33. The van der Waals surface area contributed by atoms with Crippen molar-refractivity contribution >= 4 is 27.5 Å². The monoisotopic (exact) mass is 904 g/mol. The number of nitrogens with zero attached hydrogens (tertiary/aromatic N) is 2. The fourth-order valence-corrected chi connectivity index (χ4v) is 18.3. The van der Waals surface area contributed by atoms with Crippen LogP contribution in [-0.2, 0) is 31.8 Å². The Bertz CT molecular complexity index is 1870. The van der Waals surface area contributed by atoms with Gasteiger partial charge in [-0.25, -0.2) is 0 Å². The van der Waals surface area contributed by atoms with Crippen molar-refractivity contribution in [1.29, 1.82) is 0 Å². The normalized spacial score (nSPS) is 52.2. The lowest BCUT2D eigenvalue weighted by molar-refractivity contribution is -0.145. The van der Waals surface area contributed by atoms with E-state index in [2.05, 4.69) is 34.9 Å². The molecule has 2 saturated heterocycles. The number of ether oxygens (including phenoxy) is 2. The molecule has 10 aliphatic rings. The van der Waals surface area contributed by atoms with Crippen LogP contribution in [0.2, 0.25) is 0 Å². The number of ketones is 2. The molecule has 4 bridgehead atoms. The molecule has 0 amide bonds. The molecule has 60 heavy (non-hydrogen) atoms. The second-order valence-corrected chi connectivity index (χ2v) is 23.9. The van der Waals surface area contributed by atoms with Crippen LogP contribution in [0, 0.1) is 80.8 Å². The largest absolute Gasteiger partial charge is 0.419 e. The zero-order chi connectivity index (χ0) is 42.4. The maximum absolute atomic E-state index is 13.3. The van der Waals surface area contributed by atoms with Crippen molar-refractivity contribution in [2.24, 2.45) is 80.8 Å². The molecular weight excluding hydrogens is 837 g/mol. The Hall–Kier alpha value is -1.34. The van der Waals surface area contributed by atoms with Crippen molar-refractivity contribution in [3.63, 3.8) is 0 Å². The van der Waals surface area contributed by atoms with Gasteiger partial charge in [0.05, 0.1) is 60.3 Å². The molecule has 8 saturated carbocycles. The van der Waals surface area contributed by atoms with Crippen LogP contribution in [0.4, 0.5) is 13.2 Å². The molecule has 12 heteroatoms. The van der Waals surface area contributed by atoms with Crippen LogP contribution in [0.5, 0.6) is 0 Å². The zero-order valence-electron chi connectivity index (χ0n) is 36.2. The van der Waals surface area contributed by atoms with Crippen LogP contribution < -0.4 is 0 Å². The Kier molecular flexibility index (Phi) is 10.2. The van der Waals surface area contributed by atoms with Gasteiger partial charge in [0.1, 0.15) is 5.78 Å². The third kappa shape index (κ3) is 6.40. The van der Waals surface area contributed by atoms with Gasteiger partial charge in [0.15, 0.2) is 5.78 Å². The number of carbonyl (C=O) groups excluding carboxylic acids is 2. The number of Topliss-reactive ketones (excluding diaryl/α,β-unsaturated/α-hetero) is 2. The van der Waals surface area contributed by atoms with Crippen molar-refractivity contribution in [2.75, 3.05) is 18.5 Å². The number of alkyl halides is 4. The maximum atomic E-state index is 13.3. The van der Waals surface area contributed by atoms with Crippen molar-refractivity contribution < 1.29 is 42.4 Å². The predicted octanol–water partition coefficient (Wildman–Crippen LogP) is 9.22. The number of hydrogen-bond donors (Lipinski definition) is 2. The quantitative estimate of drug-likeness (QED) is 0.284. The molecule has 334 valence electrons. The molecule has 10 fully saturated rings. The second-order valence-electron chi connectivity index (χ2n) is 23.3. The van der Waals surface area contributed by atoms with Gasteiger partial charge in [-0.05, 0) is 175 Å². The number of fused-ring (bicyclic) bond motifs is 6. The van der Waals surface area contributed by atoms with Crippen LogP contribution in [-0.4, -0.2) is 73.5 Å². The first kappa shape index (κ1) is 42.6. The topological polar surface area (TPSA) is 111 Å². The lowest BCUT2D eigenvalue weighted by atomic mass is 9.44. The Morgan fingerprint density at radius 3 is 1.65 bits per heavy atom. The summed E-state index contributed by atoms with van der Waals surface area (Å²) in [4.78, 5) is 25.9. The van der Waals surface area contributed by atoms with Crippen LogP contribution in [0.15, 0.2) is 12.4 Å². The Morgan fingerprint density at radius 2 is 1.20 bits per heavy atom. The fourth-order valence-electron chi connectivity index (χ4n) is 17.9. The van der Waals surface area contributed by atoms with E-state index in [1.54, 1.807) is 0 Å². The number of halogens is 4. The summed E-state index contributed by atoms with van der Waals surface area (Å²) >= 11 is 3.43. The highest BCUT2D eigenvalue weighted by Gasteiger charge is 2.69. The maximum Gasteiger partial charge on any atom is 0.419 e. The first-order valence-corrected chi connectivity index (χ1v) is 24.7. The van der Waals surface area contributed by atoms with E-state index in [4.69, 9.17) is 9.47 Å². The average Bonchev–Trinajstić information content (AvgIpc) is 3.99. The highest BCUT2D eigenvalue weighted by Crippen LogP contribution is 2.72. The van der Waals surface area contributed by atoms with Crippen molar-refractivity contribution in [3.8, 4) is 0 Å². The van der Waals surface area contributed by atoms with Crippen molar-refractivity contribution in [1.82, 2.24) is 9.78 Å². The van der Waals surface area contributed by atoms with E-state index in [1.165, 1.54) is 25.7 Å². The van der Waals surface area contributed by atoms with Crippen LogP contribution >= 0.6 is 15.9 Å². The van der Waals surface area contributed by atoms with E-state index < -0.39 is 22.9 Å². The first-order chi connectivity index (χ1) is 28.2. The van der Waals surface area contributed by atoms with Gasteiger partial charge < -0.3 is 19.7 Å². The minimum atomic E-state index is -4.45.